The van der Waals surface area contributed by atoms with Gasteiger partial charge in [-0.3, -0.25) is 9.69 Å². The van der Waals surface area contributed by atoms with Crippen molar-refractivity contribution in [3.63, 3.8) is 0 Å². The Bertz CT molecular complexity index is 1040. The fourth-order valence-corrected chi connectivity index (χ4v) is 3.75. The highest BCUT2D eigenvalue weighted by Crippen LogP contribution is 2.18. The van der Waals surface area contributed by atoms with Crippen LogP contribution in [0, 0.1) is 18.6 Å². The summed E-state index contributed by atoms with van der Waals surface area (Å²) in [6.07, 6.45) is 1.50. The predicted octanol–water partition coefficient (Wildman–Crippen LogP) is 5.74. The fraction of sp³-hybridized carbons (Fsp3) is 0.370. The van der Waals surface area contributed by atoms with Gasteiger partial charge in [-0.1, -0.05) is 49.4 Å². The van der Waals surface area contributed by atoms with Gasteiger partial charge in [0, 0.05) is 24.7 Å². The minimum absolute atomic E-state index is 0.0263. The molecular weight excluding hydrogens is 422 g/mol. The summed E-state index contributed by atoms with van der Waals surface area (Å²) in [5.74, 6) is -0.286. The molecular formula is C27H32F2N2O2. The standard InChI is InChI=1S/C27H32F2N2O2/c1-4-20(2)31(17-23-11-8-12-25(28)27(23)29)19-26(32)30(18-24-14-13-21(3)33-24)16-15-22-9-6-5-7-10-22/h5-14,20H,4,15-19H2,1-3H3/t20-/m0/s1. The number of hydrogen-bond acceptors (Lipinski definition) is 3. The summed E-state index contributed by atoms with van der Waals surface area (Å²) in [5.41, 5.74) is 1.40. The molecule has 4 nitrogen and oxygen atoms in total. The van der Waals surface area contributed by atoms with Crippen molar-refractivity contribution >= 4 is 5.91 Å². The van der Waals surface area contributed by atoms with E-state index in [9.17, 15) is 13.6 Å². The van der Waals surface area contributed by atoms with Crippen molar-refractivity contribution in [3.8, 4) is 0 Å². The number of carbonyl (C=O) groups excluding carboxylic acids is 1. The number of nitrogens with zero attached hydrogens (tertiary/aromatic N) is 2. The van der Waals surface area contributed by atoms with Crippen LogP contribution in [0.2, 0.25) is 0 Å². The molecule has 1 amide bonds. The van der Waals surface area contributed by atoms with Gasteiger partial charge in [0.25, 0.3) is 0 Å². The van der Waals surface area contributed by atoms with Gasteiger partial charge in [0.1, 0.15) is 11.5 Å². The number of hydrogen-bond donors (Lipinski definition) is 0. The maximum atomic E-state index is 14.3. The number of amides is 1. The molecule has 0 radical (unpaired) electrons. The summed E-state index contributed by atoms with van der Waals surface area (Å²) >= 11 is 0. The van der Waals surface area contributed by atoms with E-state index in [-0.39, 0.29) is 30.6 Å². The van der Waals surface area contributed by atoms with Gasteiger partial charge in [-0.15, -0.1) is 0 Å². The monoisotopic (exact) mass is 454 g/mol. The minimum Gasteiger partial charge on any atom is -0.464 e. The second kappa shape index (κ2) is 11.8. The molecule has 0 N–H and O–H groups in total. The maximum Gasteiger partial charge on any atom is 0.237 e. The largest absolute Gasteiger partial charge is 0.464 e. The molecule has 0 saturated heterocycles. The summed E-state index contributed by atoms with van der Waals surface area (Å²) in [6.45, 7) is 7.05. The molecule has 1 heterocycles. The summed E-state index contributed by atoms with van der Waals surface area (Å²) in [6, 6.07) is 18.0. The van der Waals surface area contributed by atoms with Gasteiger partial charge in [-0.25, -0.2) is 8.78 Å². The lowest BCUT2D eigenvalue weighted by Gasteiger charge is -2.31. The average Bonchev–Trinajstić information content (AvgIpc) is 3.23. The van der Waals surface area contributed by atoms with E-state index in [4.69, 9.17) is 4.42 Å². The molecule has 3 aromatic rings. The number of rotatable bonds is 11. The number of aryl methyl sites for hydroxylation is 1. The Labute approximate surface area is 194 Å². The van der Waals surface area contributed by atoms with Gasteiger partial charge in [0.15, 0.2) is 11.6 Å². The summed E-state index contributed by atoms with van der Waals surface area (Å²) in [7, 11) is 0. The number of carbonyl (C=O) groups is 1. The van der Waals surface area contributed by atoms with Crippen LogP contribution in [0.15, 0.2) is 65.1 Å². The van der Waals surface area contributed by atoms with Gasteiger partial charge in [-0.05, 0) is 50.5 Å². The molecule has 0 aliphatic carbocycles. The van der Waals surface area contributed by atoms with Gasteiger partial charge in [-0.2, -0.15) is 0 Å². The van der Waals surface area contributed by atoms with E-state index in [0.29, 0.717) is 19.5 Å². The predicted molar refractivity (Wildman–Crippen MR) is 126 cm³/mol. The average molecular weight is 455 g/mol. The Morgan fingerprint density at radius 1 is 1.00 bits per heavy atom. The quantitative estimate of drug-likeness (QED) is 0.371. The number of furan rings is 1. The first-order valence-electron chi connectivity index (χ1n) is 11.4. The van der Waals surface area contributed by atoms with Crippen molar-refractivity contribution in [1.29, 1.82) is 0 Å². The third-order valence-electron chi connectivity index (χ3n) is 5.97. The van der Waals surface area contributed by atoms with E-state index in [1.54, 1.807) is 11.0 Å². The Balaban J connectivity index is 1.76. The normalized spacial score (nSPS) is 12.2. The van der Waals surface area contributed by atoms with E-state index in [1.165, 1.54) is 6.07 Å². The molecule has 0 aliphatic rings. The zero-order chi connectivity index (χ0) is 23.8. The van der Waals surface area contributed by atoms with Crippen molar-refractivity contribution in [2.24, 2.45) is 0 Å². The molecule has 176 valence electrons. The van der Waals surface area contributed by atoms with E-state index < -0.39 is 11.6 Å². The first-order valence-corrected chi connectivity index (χ1v) is 11.4. The second-order valence-electron chi connectivity index (χ2n) is 8.44. The van der Waals surface area contributed by atoms with E-state index in [2.05, 4.69) is 0 Å². The molecule has 0 bridgehead atoms. The second-order valence-corrected chi connectivity index (χ2v) is 8.44. The van der Waals surface area contributed by atoms with Crippen LogP contribution in [-0.4, -0.2) is 34.8 Å². The van der Waals surface area contributed by atoms with Crippen LogP contribution >= 0.6 is 0 Å². The van der Waals surface area contributed by atoms with Crippen molar-refractivity contribution in [2.75, 3.05) is 13.1 Å². The highest BCUT2D eigenvalue weighted by Gasteiger charge is 2.23. The lowest BCUT2D eigenvalue weighted by atomic mass is 10.1. The maximum absolute atomic E-state index is 14.3. The Hall–Kier alpha value is -2.99. The highest BCUT2D eigenvalue weighted by atomic mass is 19.2. The van der Waals surface area contributed by atoms with Crippen LogP contribution in [0.1, 0.15) is 42.9 Å². The molecule has 0 spiro atoms. The Morgan fingerprint density at radius 3 is 2.42 bits per heavy atom. The first-order chi connectivity index (χ1) is 15.9. The fourth-order valence-electron chi connectivity index (χ4n) is 3.75. The lowest BCUT2D eigenvalue weighted by molar-refractivity contribution is -0.134. The van der Waals surface area contributed by atoms with Crippen molar-refractivity contribution in [1.82, 2.24) is 9.80 Å². The summed E-state index contributed by atoms with van der Waals surface area (Å²) in [5, 5.41) is 0. The smallest absolute Gasteiger partial charge is 0.237 e. The van der Waals surface area contributed by atoms with Crippen molar-refractivity contribution in [3.05, 3.63) is 94.9 Å². The molecule has 0 saturated carbocycles. The van der Waals surface area contributed by atoms with Crippen LogP contribution in [0.5, 0.6) is 0 Å². The zero-order valence-corrected chi connectivity index (χ0v) is 19.6. The number of benzene rings is 2. The molecule has 3 rings (SSSR count). The van der Waals surface area contributed by atoms with Crippen molar-refractivity contribution < 1.29 is 18.0 Å². The molecule has 0 aliphatic heterocycles. The van der Waals surface area contributed by atoms with Crippen LogP contribution in [-0.2, 0) is 24.3 Å². The summed E-state index contributed by atoms with van der Waals surface area (Å²) in [4.78, 5) is 17.1. The van der Waals surface area contributed by atoms with E-state index in [1.807, 2.05) is 68.1 Å². The van der Waals surface area contributed by atoms with Crippen molar-refractivity contribution in [2.45, 2.75) is 52.7 Å². The molecule has 1 atom stereocenters. The van der Waals surface area contributed by atoms with Gasteiger partial charge in [0.2, 0.25) is 5.91 Å². The molecule has 1 aromatic heterocycles. The highest BCUT2D eigenvalue weighted by molar-refractivity contribution is 5.78. The van der Waals surface area contributed by atoms with Crippen LogP contribution < -0.4 is 0 Å². The van der Waals surface area contributed by atoms with E-state index in [0.717, 1.165) is 29.6 Å². The first kappa shape index (κ1) is 24.6. The lowest BCUT2D eigenvalue weighted by Crippen LogP contribution is -2.43. The van der Waals surface area contributed by atoms with Gasteiger partial charge >= 0.3 is 0 Å². The van der Waals surface area contributed by atoms with Crippen LogP contribution in [0.25, 0.3) is 0 Å². The van der Waals surface area contributed by atoms with Crippen LogP contribution in [0.4, 0.5) is 8.78 Å². The summed E-state index contributed by atoms with van der Waals surface area (Å²) < 4.78 is 33.8. The Kier molecular flexibility index (Phi) is 8.78. The zero-order valence-electron chi connectivity index (χ0n) is 19.6. The molecule has 2 aromatic carbocycles. The molecule has 0 unspecified atom stereocenters. The molecule has 6 heteroatoms. The topological polar surface area (TPSA) is 36.7 Å². The molecule has 0 fully saturated rings. The Morgan fingerprint density at radius 2 is 1.76 bits per heavy atom. The van der Waals surface area contributed by atoms with E-state index >= 15 is 0 Å². The van der Waals surface area contributed by atoms with Gasteiger partial charge in [0.05, 0.1) is 13.1 Å². The third-order valence-corrected chi connectivity index (χ3v) is 5.97. The van der Waals surface area contributed by atoms with Gasteiger partial charge < -0.3 is 9.32 Å². The SMILES string of the molecule is CC[C@H](C)N(CC(=O)N(CCc1ccccc1)Cc1ccc(C)o1)Cc1cccc(F)c1F. The molecule has 33 heavy (non-hydrogen) atoms. The minimum atomic E-state index is -0.874. The van der Waals surface area contributed by atoms with Crippen LogP contribution in [0.3, 0.4) is 0 Å². The number of halogens is 2. The third kappa shape index (κ3) is 6.99.